The van der Waals surface area contributed by atoms with E-state index >= 15 is 0 Å². The SMILES string of the molecule is Cc1cccc(-c2nc3c(Cl)cccc3cc2[C@H](C)NC2=NCNc3nc[nH]c32)n1. The van der Waals surface area contributed by atoms with Gasteiger partial charge >= 0.3 is 0 Å². The van der Waals surface area contributed by atoms with Gasteiger partial charge in [0.25, 0.3) is 0 Å². The Morgan fingerprint density at radius 3 is 2.87 bits per heavy atom. The standard InChI is InChI=1S/C22H20ClN7/c1-12-5-3-8-17(28-12)19-15(9-14-6-4-7-16(23)18(14)30-19)13(2)29-22-20-21(25-10-24-20)26-11-27-22/h3-10,13,26H,11H2,1-2H3,(H,24,25)(H,27,29)/t13-/m0/s1. The lowest BCUT2D eigenvalue weighted by Gasteiger charge is -2.22. The number of pyridine rings is 2. The highest BCUT2D eigenvalue weighted by Gasteiger charge is 2.22. The van der Waals surface area contributed by atoms with Gasteiger partial charge in [-0.2, -0.15) is 0 Å². The third-order valence-electron chi connectivity index (χ3n) is 5.14. The van der Waals surface area contributed by atoms with Crippen LogP contribution in [0.1, 0.15) is 29.9 Å². The number of anilines is 1. The normalized spacial score (nSPS) is 14.0. The summed E-state index contributed by atoms with van der Waals surface area (Å²) in [5.74, 6) is 1.56. The molecule has 8 heteroatoms. The van der Waals surface area contributed by atoms with Crippen molar-refractivity contribution in [3.63, 3.8) is 0 Å². The lowest BCUT2D eigenvalue weighted by molar-refractivity contribution is 0.711. The minimum absolute atomic E-state index is 0.0776. The molecule has 1 aromatic carbocycles. The number of aryl methyl sites for hydroxylation is 1. The first-order valence-electron chi connectivity index (χ1n) is 9.72. The third kappa shape index (κ3) is 3.27. The van der Waals surface area contributed by atoms with Crippen molar-refractivity contribution in [1.82, 2.24) is 25.3 Å². The number of hydrogen-bond donors (Lipinski definition) is 3. The van der Waals surface area contributed by atoms with Gasteiger partial charge in [0, 0.05) is 16.6 Å². The smallest absolute Gasteiger partial charge is 0.156 e. The van der Waals surface area contributed by atoms with Crippen LogP contribution in [0, 0.1) is 6.92 Å². The maximum absolute atomic E-state index is 6.44. The number of aromatic amines is 1. The number of nitrogens with one attached hydrogen (secondary N) is 3. The molecule has 4 aromatic rings. The van der Waals surface area contributed by atoms with Gasteiger partial charge in [-0.05, 0) is 38.1 Å². The van der Waals surface area contributed by atoms with Crippen molar-refractivity contribution in [3.8, 4) is 11.4 Å². The summed E-state index contributed by atoms with van der Waals surface area (Å²) in [5, 5.41) is 8.28. The molecule has 1 aliphatic heterocycles. The monoisotopic (exact) mass is 417 g/mol. The van der Waals surface area contributed by atoms with Crippen LogP contribution in [0.15, 0.2) is 53.8 Å². The number of benzene rings is 1. The van der Waals surface area contributed by atoms with Crippen LogP contribution in [0.2, 0.25) is 5.02 Å². The fourth-order valence-electron chi connectivity index (χ4n) is 3.67. The van der Waals surface area contributed by atoms with Gasteiger partial charge in [-0.15, -0.1) is 0 Å². The molecule has 0 saturated carbocycles. The van der Waals surface area contributed by atoms with Crippen LogP contribution in [-0.4, -0.2) is 32.4 Å². The highest BCUT2D eigenvalue weighted by Crippen LogP contribution is 2.32. The van der Waals surface area contributed by atoms with Crippen LogP contribution in [-0.2, 0) is 0 Å². The second-order valence-corrected chi connectivity index (χ2v) is 7.64. The summed E-state index contributed by atoms with van der Waals surface area (Å²) >= 11 is 6.44. The summed E-state index contributed by atoms with van der Waals surface area (Å²) in [7, 11) is 0. The second kappa shape index (κ2) is 7.42. The molecule has 0 spiro atoms. The maximum Gasteiger partial charge on any atom is 0.156 e. The van der Waals surface area contributed by atoms with Gasteiger partial charge in [-0.3, -0.25) is 4.98 Å². The minimum Gasteiger partial charge on any atom is -0.362 e. The number of hydrogen-bond acceptors (Lipinski definition) is 6. The fraction of sp³-hybridized carbons (Fsp3) is 0.182. The number of halogens is 1. The van der Waals surface area contributed by atoms with E-state index in [1.54, 1.807) is 6.33 Å². The minimum atomic E-state index is -0.0776. The van der Waals surface area contributed by atoms with E-state index in [0.29, 0.717) is 11.7 Å². The molecule has 150 valence electrons. The van der Waals surface area contributed by atoms with Gasteiger partial charge in [-0.25, -0.2) is 15.0 Å². The molecule has 0 saturated heterocycles. The van der Waals surface area contributed by atoms with Gasteiger partial charge < -0.3 is 15.6 Å². The van der Waals surface area contributed by atoms with Gasteiger partial charge in [0.15, 0.2) is 11.7 Å². The van der Waals surface area contributed by atoms with E-state index in [4.69, 9.17) is 21.6 Å². The Kier molecular flexibility index (Phi) is 4.59. The summed E-state index contributed by atoms with van der Waals surface area (Å²) in [6.07, 6.45) is 1.66. The molecule has 3 aromatic heterocycles. The molecule has 0 bridgehead atoms. The Bertz CT molecular complexity index is 1280. The van der Waals surface area contributed by atoms with E-state index < -0.39 is 0 Å². The Labute approximate surface area is 178 Å². The van der Waals surface area contributed by atoms with Crippen molar-refractivity contribution < 1.29 is 0 Å². The number of fused-ring (bicyclic) bond motifs is 2. The Balaban J connectivity index is 1.62. The predicted molar refractivity (Wildman–Crippen MR) is 120 cm³/mol. The van der Waals surface area contributed by atoms with Crippen LogP contribution in [0.3, 0.4) is 0 Å². The van der Waals surface area contributed by atoms with E-state index in [-0.39, 0.29) is 6.04 Å². The molecular formula is C22H20ClN7. The van der Waals surface area contributed by atoms with Crippen LogP contribution >= 0.6 is 11.6 Å². The molecule has 1 aliphatic rings. The summed E-state index contributed by atoms with van der Waals surface area (Å²) < 4.78 is 0. The molecule has 4 heterocycles. The van der Waals surface area contributed by atoms with Crippen molar-refractivity contribution in [2.24, 2.45) is 4.99 Å². The number of nitrogens with zero attached hydrogens (tertiary/aromatic N) is 4. The lowest BCUT2D eigenvalue weighted by atomic mass is 10.0. The highest BCUT2D eigenvalue weighted by molar-refractivity contribution is 6.35. The van der Waals surface area contributed by atoms with Crippen molar-refractivity contribution in [2.45, 2.75) is 19.9 Å². The maximum atomic E-state index is 6.44. The largest absolute Gasteiger partial charge is 0.362 e. The van der Waals surface area contributed by atoms with Crippen molar-refractivity contribution in [2.75, 3.05) is 12.0 Å². The topological polar surface area (TPSA) is 90.9 Å². The number of amidine groups is 1. The predicted octanol–water partition coefficient (Wildman–Crippen LogP) is 4.46. The van der Waals surface area contributed by atoms with Gasteiger partial charge in [-0.1, -0.05) is 29.8 Å². The molecule has 3 N–H and O–H groups in total. The number of aliphatic imine (C=N–C) groups is 1. The van der Waals surface area contributed by atoms with E-state index in [1.807, 2.05) is 43.3 Å². The van der Waals surface area contributed by atoms with Crippen LogP contribution in [0.4, 0.5) is 5.82 Å². The number of imidazole rings is 1. The van der Waals surface area contributed by atoms with Crippen molar-refractivity contribution in [3.05, 3.63) is 70.8 Å². The molecule has 7 nitrogen and oxygen atoms in total. The Hall–Kier alpha value is -3.45. The van der Waals surface area contributed by atoms with Crippen LogP contribution < -0.4 is 10.6 Å². The first-order chi connectivity index (χ1) is 14.6. The summed E-state index contributed by atoms with van der Waals surface area (Å²) in [6.45, 7) is 4.54. The number of para-hydroxylation sites is 1. The summed E-state index contributed by atoms with van der Waals surface area (Å²) in [5.41, 5.74) is 5.19. The quantitative estimate of drug-likeness (QED) is 0.457. The molecule has 30 heavy (non-hydrogen) atoms. The fourth-order valence-corrected chi connectivity index (χ4v) is 3.89. The molecule has 0 unspecified atom stereocenters. The summed E-state index contributed by atoms with van der Waals surface area (Å²) in [4.78, 5) is 21.6. The van der Waals surface area contributed by atoms with Crippen LogP contribution in [0.25, 0.3) is 22.3 Å². The zero-order chi connectivity index (χ0) is 20.7. The van der Waals surface area contributed by atoms with Gasteiger partial charge in [0.1, 0.15) is 12.4 Å². The van der Waals surface area contributed by atoms with E-state index in [0.717, 1.165) is 50.9 Å². The average molecular weight is 418 g/mol. The Morgan fingerprint density at radius 2 is 2.00 bits per heavy atom. The Morgan fingerprint density at radius 1 is 1.13 bits per heavy atom. The molecular weight excluding hydrogens is 398 g/mol. The first-order valence-corrected chi connectivity index (χ1v) is 10.1. The van der Waals surface area contributed by atoms with Gasteiger partial charge in [0.2, 0.25) is 0 Å². The van der Waals surface area contributed by atoms with Gasteiger partial charge in [0.05, 0.1) is 34.3 Å². The zero-order valence-corrected chi connectivity index (χ0v) is 17.3. The number of aromatic nitrogens is 4. The molecule has 5 rings (SSSR count). The molecule has 0 amide bonds. The molecule has 0 fully saturated rings. The highest BCUT2D eigenvalue weighted by atomic mass is 35.5. The lowest BCUT2D eigenvalue weighted by Crippen LogP contribution is -2.32. The van der Waals surface area contributed by atoms with Crippen molar-refractivity contribution >= 4 is 34.2 Å². The number of H-pyrrole nitrogens is 1. The average Bonchev–Trinajstić information content (AvgIpc) is 3.23. The van der Waals surface area contributed by atoms with Crippen LogP contribution in [0.5, 0.6) is 0 Å². The summed E-state index contributed by atoms with van der Waals surface area (Å²) in [6, 6.07) is 13.8. The molecule has 0 radical (unpaired) electrons. The zero-order valence-electron chi connectivity index (χ0n) is 16.6. The number of rotatable bonds is 3. The molecule has 1 atom stereocenters. The van der Waals surface area contributed by atoms with E-state index in [1.165, 1.54) is 0 Å². The second-order valence-electron chi connectivity index (χ2n) is 7.24. The van der Waals surface area contributed by atoms with Crippen molar-refractivity contribution in [1.29, 1.82) is 0 Å². The van der Waals surface area contributed by atoms with E-state index in [9.17, 15) is 0 Å². The van der Waals surface area contributed by atoms with E-state index in [2.05, 4.69) is 38.6 Å². The first kappa shape index (κ1) is 18.6. The third-order valence-corrected chi connectivity index (χ3v) is 5.44. The molecule has 0 aliphatic carbocycles.